The Balaban J connectivity index is 2.15. The van der Waals surface area contributed by atoms with E-state index >= 15 is 0 Å². The van der Waals surface area contributed by atoms with Crippen LogP contribution in [0, 0.1) is 0 Å². The lowest BCUT2D eigenvalue weighted by Gasteiger charge is -2.08. The molecule has 3 nitrogen and oxygen atoms in total. The van der Waals surface area contributed by atoms with E-state index in [-0.39, 0.29) is 6.04 Å². The number of rotatable bonds is 4. The van der Waals surface area contributed by atoms with E-state index in [2.05, 4.69) is 9.97 Å². The molecule has 0 aliphatic rings. The Morgan fingerprint density at radius 2 is 2.22 bits per heavy atom. The third kappa shape index (κ3) is 3.70. The van der Waals surface area contributed by atoms with Crippen molar-refractivity contribution in [1.82, 2.24) is 9.97 Å². The molecule has 2 rings (SSSR count). The molecule has 5 heteroatoms. The van der Waals surface area contributed by atoms with Crippen molar-refractivity contribution in [3.63, 3.8) is 0 Å². The first-order chi connectivity index (χ1) is 8.65. The van der Waals surface area contributed by atoms with E-state index in [0.29, 0.717) is 0 Å². The first-order valence-electron chi connectivity index (χ1n) is 5.63. The Morgan fingerprint density at radius 3 is 2.83 bits per heavy atom. The van der Waals surface area contributed by atoms with Crippen LogP contribution < -0.4 is 5.73 Å². The van der Waals surface area contributed by atoms with Crippen LogP contribution in [0.5, 0.6) is 0 Å². The van der Waals surface area contributed by atoms with Crippen LogP contribution in [0.15, 0.2) is 46.7 Å². The summed E-state index contributed by atoms with van der Waals surface area (Å²) in [6, 6.07) is 6.15. The second-order valence-electron chi connectivity index (χ2n) is 4.09. The molecule has 18 heavy (non-hydrogen) atoms. The fourth-order valence-corrected chi connectivity index (χ4v) is 2.64. The standard InChI is InChI=1S/C13H14ClN3S/c1-9(15)6-10-2-3-12(11(14)7-10)18-13-8-16-4-5-17-13/h2-5,7-9H,6,15H2,1H3. The van der Waals surface area contributed by atoms with Crippen molar-refractivity contribution in [3.8, 4) is 0 Å². The molecule has 1 heterocycles. The SMILES string of the molecule is CC(N)Cc1ccc(Sc2cnccn2)c(Cl)c1. The van der Waals surface area contributed by atoms with Gasteiger partial charge in [0, 0.05) is 23.3 Å². The molecular weight excluding hydrogens is 266 g/mol. The Labute approximate surface area is 116 Å². The van der Waals surface area contributed by atoms with Gasteiger partial charge in [-0.2, -0.15) is 0 Å². The zero-order valence-electron chi connectivity index (χ0n) is 10.0. The molecule has 2 N–H and O–H groups in total. The van der Waals surface area contributed by atoms with Gasteiger partial charge in [0.2, 0.25) is 0 Å². The van der Waals surface area contributed by atoms with Gasteiger partial charge in [-0.05, 0) is 31.0 Å². The maximum Gasteiger partial charge on any atom is 0.119 e. The van der Waals surface area contributed by atoms with Crippen molar-refractivity contribution in [3.05, 3.63) is 47.4 Å². The summed E-state index contributed by atoms with van der Waals surface area (Å²) in [4.78, 5) is 9.21. The van der Waals surface area contributed by atoms with E-state index in [4.69, 9.17) is 17.3 Å². The van der Waals surface area contributed by atoms with Gasteiger partial charge in [-0.3, -0.25) is 4.98 Å². The summed E-state index contributed by atoms with van der Waals surface area (Å²) in [7, 11) is 0. The van der Waals surface area contributed by atoms with Crippen LogP contribution in [-0.4, -0.2) is 16.0 Å². The van der Waals surface area contributed by atoms with Crippen molar-refractivity contribution in [1.29, 1.82) is 0 Å². The molecule has 0 spiro atoms. The molecule has 0 saturated heterocycles. The second kappa shape index (κ2) is 6.18. The van der Waals surface area contributed by atoms with Crippen molar-refractivity contribution in [2.75, 3.05) is 0 Å². The average Bonchev–Trinajstić information content (AvgIpc) is 2.33. The third-order valence-corrected chi connectivity index (χ3v) is 3.73. The quantitative estimate of drug-likeness (QED) is 0.934. The first-order valence-corrected chi connectivity index (χ1v) is 6.82. The molecule has 0 aliphatic carbocycles. The van der Waals surface area contributed by atoms with E-state index < -0.39 is 0 Å². The molecular formula is C13H14ClN3S. The van der Waals surface area contributed by atoms with Crippen LogP contribution in [0.4, 0.5) is 0 Å². The van der Waals surface area contributed by atoms with Crippen molar-refractivity contribution in [2.24, 2.45) is 5.73 Å². The minimum absolute atomic E-state index is 0.138. The minimum Gasteiger partial charge on any atom is -0.328 e. The predicted molar refractivity (Wildman–Crippen MR) is 75.0 cm³/mol. The van der Waals surface area contributed by atoms with E-state index in [1.165, 1.54) is 11.8 Å². The third-order valence-electron chi connectivity index (χ3n) is 2.31. The van der Waals surface area contributed by atoms with Crippen molar-refractivity contribution >= 4 is 23.4 Å². The number of nitrogens with zero attached hydrogens (tertiary/aromatic N) is 2. The number of hydrogen-bond donors (Lipinski definition) is 1. The van der Waals surface area contributed by atoms with Crippen LogP contribution in [0.3, 0.4) is 0 Å². The first kappa shape index (κ1) is 13.3. The van der Waals surface area contributed by atoms with Crippen LogP contribution in [0.2, 0.25) is 5.02 Å². The fraction of sp³-hybridized carbons (Fsp3) is 0.231. The molecule has 0 saturated carbocycles. The summed E-state index contributed by atoms with van der Waals surface area (Å²) < 4.78 is 0. The summed E-state index contributed by atoms with van der Waals surface area (Å²) in [5.74, 6) is 0. The molecule has 1 unspecified atom stereocenters. The zero-order chi connectivity index (χ0) is 13.0. The van der Waals surface area contributed by atoms with Gasteiger partial charge in [0.05, 0.1) is 11.2 Å². The van der Waals surface area contributed by atoms with Gasteiger partial charge >= 0.3 is 0 Å². The van der Waals surface area contributed by atoms with E-state index in [1.54, 1.807) is 18.6 Å². The summed E-state index contributed by atoms with van der Waals surface area (Å²) in [5, 5.41) is 1.56. The van der Waals surface area contributed by atoms with Gasteiger partial charge in [-0.1, -0.05) is 29.4 Å². The maximum atomic E-state index is 6.25. The number of halogens is 1. The summed E-state index contributed by atoms with van der Waals surface area (Å²) in [6.45, 7) is 1.98. The van der Waals surface area contributed by atoms with Crippen LogP contribution >= 0.6 is 23.4 Å². The number of aromatic nitrogens is 2. The number of nitrogens with two attached hydrogens (primary N) is 1. The van der Waals surface area contributed by atoms with Gasteiger partial charge in [0.15, 0.2) is 0 Å². The minimum atomic E-state index is 0.138. The maximum absolute atomic E-state index is 6.25. The molecule has 2 aromatic rings. The molecule has 0 radical (unpaired) electrons. The van der Waals surface area contributed by atoms with Gasteiger partial charge in [-0.25, -0.2) is 4.98 Å². The van der Waals surface area contributed by atoms with Gasteiger partial charge in [0.25, 0.3) is 0 Å². The smallest absolute Gasteiger partial charge is 0.119 e. The second-order valence-corrected chi connectivity index (χ2v) is 5.56. The van der Waals surface area contributed by atoms with E-state index in [1.807, 2.05) is 25.1 Å². The molecule has 0 amide bonds. The highest BCUT2D eigenvalue weighted by atomic mass is 35.5. The Morgan fingerprint density at radius 1 is 1.39 bits per heavy atom. The predicted octanol–water partition coefficient (Wildman–Crippen LogP) is 3.17. The zero-order valence-corrected chi connectivity index (χ0v) is 11.6. The van der Waals surface area contributed by atoms with Crippen LogP contribution in [0.25, 0.3) is 0 Å². The van der Waals surface area contributed by atoms with Crippen LogP contribution in [-0.2, 0) is 6.42 Å². The Bertz CT molecular complexity index is 517. The summed E-state index contributed by atoms with van der Waals surface area (Å²) in [6.07, 6.45) is 5.87. The van der Waals surface area contributed by atoms with Crippen molar-refractivity contribution in [2.45, 2.75) is 29.3 Å². The lowest BCUT2D eigenvalue weighted by molar-refractivity contribution is 0.738. The summed E-state index contributed by atoms with van der Waals surface area (Å²) in [5.41, 5.74) is 6.92. The molecule has 1 aromatic carbocycles. The highest BCUT2D eigenvalue weighted by Crippen LogP contribution is 2.32. The monoisotopic (exact) mass is 279 g/mol. The Hall–Kier alpha value is -1.10. The fourth-order valence-electron chi connectivity index (χ4n) is 1.58. The lowest BCUT2D eigenvalue weighted by atomic mass is 10.1. The van der Waals surface area contributed by atoms with Gasteiger partial charge in [0.1, 0.15) is 5.03 Å². The number of benzene rings is 1. The lowest BCUT2D eigenvalue weighted by Crippen LogP contribution is -2.17. The van der Waals surface area contributed by atoms with Crippen LogP contribution in [0.1, 0.15) is 12.5 Å². The Kier molecular flexibility index (Phi) is 4.58. The molecule has 1 aromatic heterocycles. The molecule has 94 valence electrons. The highest BCUT2D eigenvalue weighted by Gasteiger charge is 2.06. The molecule has 0 bridgehead atoms. The summed E-state index contributed by atoms with van der Waals surface area (Å²) >= 11 is 7.76. The van der Waals surface area contributed by atoms with Gasteiger partial charge < -0.3 is 5.73 Å². The van der Waals surface area contributed by atoms with Gasteiger partial charge in [-0.15, -0.1) is 0 Å². The molecule has 1 atom stereocenters. The molecule has 0 aliphatic heterocycles. The normalized spacial score (nSPS) is 12.4. The van der Waals surface area contributed by atoms with E-state index in [9.17, 15) is 0 Å². The highest BCUT2D eigenvalue weighted by molar-refractivity contribution is 7.99. The van der Waals surface area contributed by atoms with Crippen molar-refractivity contribution < 1.29 is 0 Å². The van der Waals surface area contributed by atoms with E-state index in [0.717, 1.165) is 26.9 Å². The number of hydrogen-bond acceptors (Lipinski definition) is 4. The largest absolute Gasteiger partial charge is 0.328 e. The topological polar surface area (TPSA) is 51.8 Å². The average molecular weight is 280 g/mol. The molecule has 0 fully saturated rings.